The highest BCUT2D eigenvalue weighted by atomic mass is 16.2. The minimum atomic E-state index is -0.268. The molecule has 0 unspecified atom stereocenters. The molecule has 2 heterocycles. The molecule has 0 atom stereocenters. The van der Waals surface area contributed by atoms with Crippen molar-refractivity contribution in [3.05, 3.63) is 42.2 Å². The monoisotopic (exact) mass is 325 g/mol. The summed E-state index contributed by atoms with van der Waals surface area (Å²) in [5.74, 6) is 0.265. The van der Waals surface area contributed by atoms with E-state index >= 15 is 0 Å². The lowest BCUT2D eigenvalue weighted by atomic mass is 10.2. The molecule has 1 aromatic heterocycles. The standard InChI is InChI=1S/C17H19N5O2/c1-12(23)20-14-4-6-15(7-5-14)21-16(24)13-10-18-17(19-11-13)22-8-2-3-9-22/h4-7,10-11H,2-3,8-9H2,1H3,(H,20,23)(H,21,24). The highest BCUT2D eigenvalue weighted by Crippen LogP contribution is 2.16. The highest BCUT2D eigenvalue weighted by molar-refractivity contribution is 6.04. The second-order valence-corrected chi connectivity index (χ2v) is 5.68. The molecular weight excluding hydrogens is 306 g/mol. The van der Waals surface area contributed by atoms with Crippen molar-refractivity contribution in [1.29, 1.82) is 0 Å². The quantitative estimate of drug-likeness (QED) is 0.900. The summed E-state index contributed by atoms with van der Waals surface area (Å²) in [4.78, 5) is 33.9. The molecule has 0 radical (unpaired) electrons. The van der Waals surface area contributed by atoms with Gasteiger partial charge in [-0.05, 0) is 37.1 Å². The van der Waals surface area contributed by atoms with Crippen LogP contribution in [0, 0.1) is 0 Å². The molecule has 24 heavy (non-hydrogen) atoms. The van der Waals surface area contributed by atoms with Gasteiger partial charge in [-0.1, -0.05) is 0 Å². The van der Waals surface area contributed by atoms with E-state index < -0.39 is 0 Å². The molecule has 0 spiro atoms. The van der Waals surface area contributed by atoms with Gasteiger partial charge in [0.05, 0.1) is 5.56 Å². The van der Waals surface area contributed by atoms with Gasteiger partial charge in [0.1, 0.15) is 0 Å². The molecule has 2 amide bonds. The predicted octanol–water partition coefficient (Wildman–Crippen LogP) is 2.29. The minimum absolute atomic E-state index is 0.137. The van der Waals surface area contributed by atoms with E-state index in [9.17, 15) is 9.59 Å². The number of anilines is 3. The van der Waals surface area contributed by atoms with Crippen molar-refractivity contribution in [2.45, 2.75) is 19.8 Å². The Balaban J connectivity index is 1.62. The third-order valence-corrected chi connectivity index (χ3v) is 3.75. The van der Waals surface area contributed by atoms with Crippen LogP contribution in [0.1, 0.15) is 30.1 Å². The van der Waals surface area contributed by atoms with Crippen LogP contribution in [-0.2, 0) is 4.79 Å². The zero-order chi connectivity index (χ0) is 16.9. The Kier molecular flexibility index (Phi) is 4.69. The molecule has 1 aromatic carbocycles. The molecule has 0 bridgehead atoms. The summed E-state index contributed by atoms with van der Waals surface area (Å²) >= 11 is 0. The van der Waals surface area contributed by atoms with E-state index in [-0.39, 0.29) is 11.8 Å². The second kappa shape index (κ2) is 7.08. The maximum atomic E-state index is 12.2. The Morgan fingerprint density at radius 3 is 2.04 bits per heavy atom. The summed E-state index contributed by atoms with van der Waals surface area (Å²) in [7, 11) is 0. The number of hydrogen-bond acceptors (Lipinski definition) is 5. The lowest BCUT2D eigenvalue weighted by Gasteiger charge is -2.14. The maximum absolute atomic E-state index is 12.2. The predicted molar refractivity (Wildman–Crippen MR) is 92.2 cm³/mol. The van der Waals surface area contributed by atoms with Gasteiger partial charge in [0.2, 0.25) is 11.9 Å². The SMILES string of the molecule is CC(=O)Nc1ccc(NC(=O)c2cnc(N3CCCC3)nc2)cc1. The Labute approximate surface area is 140 Å². The van der Waals surface area contributed by atoms with Crippen molar-refractivity contribution in [1.82, 2.24) is 9.97 Å². The van der Waals surface area contributed by atoms with Crippen molar-refractivity contribution in [3.63, 3.8) is 0 Å². The van der Waals surface area contributed by atoms with E-state index in [1.165, 1.54) is 6.92 Å². The molecule has 124 valence electrons. The molecule has 0 aliphatic carbocycles. The van der Waals surface area contributed by atoms with Crippen LogP contribution < -0.4 is 15.5 Å². The van der Waals surface area contributed by atoms with Crippen LogP contribution in [-0.4, -0.2) is 34.9 Å². The maximum Gasteiger partial charge on any atom is 0.258 e. The van der Waals surface area contributed by atoms with Gasteiger partial charge in [0.15, 0.2) is 0 Å². The topological polar surface area (TPSA) is 87.2 Å². The molecular formula is C17H19N5O2. The summed E-state index contributed by atoms with van der Waals surface area (Å²) in [6.45, 7) is 3.37. The number of amides is 2. The fourth-order valence-electron chi connectivity index (χ4n) is 2.56. The molecule has 7 heteroatoms. The number of rotatable bonds is 4. The Morgan fingerprint density at radius 2 is 1.50 bits per heavy atom. The van der Waals surface area contributed by atoms with Crippen molar-refractivity contribution >= 4 is 29.1 Å². The lowest BCUT2D eigenvalue weighted by Crippen LogP contribution is -2.21. The highest BCUT2D eigenvalue weighted by Gasteiger charge is 2.15. The van der Waals surface area contributed by atoms with Gasteiger partial charge >= 0.3 is 0 Å². The number of aromatic nitrogens is 2. The average Bonchev–Trinajstić information content (AvgIpc) is 3.11. The fraction of sp³-hybridized carbons (Fsp3) is 0.294. The van der Waals surface area contributed by atoms with Crippen LogP contribution in [0.4, 0.5) is 17.3 Å². The van der Waals surface area contributed by atoms with E-state index in [2.05, 4.69) is 25.5 Å². The number of nitrogens with zero attached hydrogens (tertiary/aromatic N) is 3. The lowest BCUT2D eigenvalue weighted by molar-refractivity contribution is -0.114. The van der Waals surface area contributed by atoms with Crippen LogP contribution in [0.3, 0.4) is 0 Å². The molecule has 1 aliphatic rings. The third-order valence-electron chi connectivity index (χ3n) is 3.75. The molecule has 2 aromatic rings. The summed E-state index contributed by atoms with van der Waals surface area (Å²) in [6.07, 6.45) is 5.39. The zero-order valence-electron chi connectivity index (χ0n) is 13.5. The molecule has 0 saturated carbocycles. The Morgan fingerprint density at radius 1 is 0.958 bits per heavy atom. The van der Waals surface area contributed by atoms with Crippen molar-refractivity contribution in [2.75, 3.05) is 28.6 Å². The summed E-state index contributed by atoms with van der Waals surface area (Å²) < 4.78 is 0. The second-order valence-electron chi connectivity index (χ2n) is 5.68. The van der Waals surface area contributed by atoms with Crippen LogP contribution in [0.15, 0.2) is 36.7 Å². The largest absolute Gasteiger partial charge is 0.341 e. The fourth-order valence-corrected chi connectivity index (χ4v) is 2.56. The number of benzene rings is 1. The van der Waals surface area contributed by atoms with Crippen molar-refractivity contribution in [3.8, 4) is 0 Å². The van der Waals surface area contributed by atoms with E-state index in [1.54, 1.807) is 36.7 Å². The number of nitrogens with one attached hydrogen (secondary N) is 2. The minimum Gasteiger partial charge on any atom is -0.341 e. The van der Waals surface area contributed by atoms with Gasteiger partial charge in [0.25, 0.3) is 5.91 Å². The van der Waals surface area contributed by atoms with Gasteiger partial charge in [-0.25, -0.2) is 9.97 Å². The summed E-state index contributed by atoms with van der Waals surface area (Å²) in [5.41, 5.74) is 1.72. The number of carbonyl (C=O) groups is 2. The average molecular weight is 325 g/mol. The van der Waals surface area contributed by atoms with Gasteiger partial charge < -0.3 is 15.5 Å². The summed E-state index contributed by atoms with van der Waals surface area (Å²) in [5, 5.41) is 5.46. The first-order valence-electron chi connectivity index (χ1n) is 7.88. The van der Waals surface area contributed by atoms with Crippen molar-refractivity contribution in [2.24, 2.45) is 0 Å². The van der Waals surface area contributed by atoms with Crippen LogP contribution >= 0.6 is 0 Å². The molecule has 3 rings (SSSR count). The van der Waals surface area contributed by atoms with E-state index in [0.29, 0.717) is 22.9 Å². The van der Waals surface area contributed by atoms with Crippen molar-refractivity contribution < 1.29 is 9.59 Å². The Hall–Kier alpha value is -2.96. The molecule has 2 N–H and O–H groups in total. The van der Waals surface area contributed by atoms with E-state index in [4.69, 9.17) is 0 Å². The van der Waals surface area contributed by atoms with Crippen LogP contribution in [0.2, 0.25) is 0 Å². The zero-order valence-corrected chi connectivity index (χ0v) is 13.5. The first-order chi connectivity index (χ1) is 11.6. The molecule has 1 aliphatic heterocycles. The summed E-state index contributed by atoms with van der Waals surface area (Å²) in [6, 6.07) is 6.90. The molecule has 1 fully saturated rings. The van der Waals surface area contributed by atoms with Gasteiger partial charge in [-0.2, -0.15) is 0 Å². The van der Waals surface area contributed by atoms with E-state index in [1.807, 2.05) is 0 Å². The number of carbonyl (C=O) groups excluding carboxylic acids is 2. The van der Waals surface area contributed by atoms with Crippen LogP contribution in [0.25, 0.3) is 0 Å². The third kappa shape index (κ3) is 3.87. The Bertz CT molecular complexity index is 722. The normalized spacial score (nSPS) is 13.6. The first-order valence-corrected chi connectivity index (χ1v) is 7.88. The molecule has 1 saturated heterocycles. The molecule has 7 nitrogen and oxygen atoms in total. The first kappa shape index (κ1) is 15.9. The van der Waals surface area contributed by atoms with Gasteiger partial charge in [-0.3, -0.25) is 9.59 Å². The number of hydrogen-bond donors (Lipinski definition) is 2. The van der Waals surface area contributed by atoms with E-state index in [0.717, 1.165) is 25.9 Å². The smallest absolute Gasteiger partial charge is 0.258 e. The van der Waals surface area contributed by atoms with Gasteiger partial charge in [0, 0.05) is 43.8 Å². The van der Waals surface area contributed by atoms with Crippen LogP contribution in [0.5, 0.6) is 0 Å². The van der Waals surface area contributed by atoms with Gasteiger partial charge in [-0.15, -0.1) is 0 Å².